The maximum absolute atomic E-state index is 13.6. The Labute approximate surface area is 184 Å². The number of benzene rings is 2. The highest BCUT2D eigenvalue weighted by molar-refractivity contribution is 5.96. The minimum absolute atomic E-state index is 0.139. The second-order valence-corrected chi connectivity index (χ2v) is 8.62. The smallest absolute Gasteiger partial charge is 0.254 e. The first-order valence-corrected chi connectivity index (χ1v) is 10.5. The number of hydrogen-bond acceptors (Lipinski definition) is 4. The molecule has 0 unspecified atom stereocenters. The highest BCUT2D eigenvalue weighted by Crippen LogP contribution is 2.48. The lowest BCUT2D eigenvalue weighted by atomic mass is 9.68. The quantitative estimate of drug-likeness (QED) is 0.660. The molecule has 1 fully saturated rings. The second-order valence-electron chi connectivity index (χ2n) is 8.62. The molecule has 2 aromatic carbocycles. The van der Waals surface area contributed by atoms with Crippen LogP contribution in [0.5, 0.6) is 5.75 Å². The highest BCUT2D eigenvalue weighted by Gasteiger charge is 2.54. The number of aliphatic hydroxyl groups excluding tert-OH is 1. The fourth-order valence-electron chi connectivity index (χ4n) is 5.23. The lowest BCUT2D eigenvalue weighted by molar-refractivity contribution is -0.136. The van der Waals surface area contributed by atoms with E-state index >= 15 is 0 Å². The number of likely N-dealkylation sites (tertiary alicyclic amines) is 1. The van der Waals surface area contributed by atoms with E-state index in [2.05, 4.69) is 4.98 Å². The van der Waals surface area contributed by atoms with Gasteiger partial charge in [-0.1, -0.05) is 6.07 Å². The number of amides is 2. The van der Waals surface area contributed by atoms with E-state index in [1.54, 1.807) is 23.0 Å². The molecule has 1 saturated heterocycles. The van der Waals surface area contributed by atoms with E-state index in [0.717, 1.165) is 22.2 Å². The summed E-state index contributed by atoms with van der Waals surface area (Å²) in [4.78, 5) is 32.1. The molecule has 0 saturated carbocycles. The molecule has 7 nitrogen and oxygen atoms in total. The maximum atomic E-state index is 13.6. The zero-order chi connectivity index (χ0) is 22.6. The molecule has 1 atom stereocenters. The Morgan fingerprint density at radius 3 is 2.66 bits per heavy atom. The molecular formula is C24H24FN3O4. The zero-order valence-corrected chi connectivity index (χ0v) is 17.9. The molecule has 0 bridgehead atoms. The van der Waals surface area contributed by atoms with Crippen LogP contribution >= 0.6 is 0 Å². The molecule has 0 radical (unpaired) electrons. The van der Waals surface area contributed by atoms with Gasteiger partial charge in [0.2, 0.25) is 5.91 Å². The first-order chi connectivity index (χ1) is 15.4. The molecule has 8 heteroatoms. The summed E-state index contributed by atoms with van der Waals surface area (Å²) in [5.41, 5.74) is 2.50. The number of methoxy groups -OCH3 is 1. The first kappa shape index (κ1) is 20.5. The van der Waals surface area contributed by atoms with Gasteiger partial charge in [-0.3, -0.25) is 9.59 Å². The van der Waals surface area contributed by atoms with Crippen molar-refractivity contribution >= 4 is 22.7 Å². The summed E-state index contributed by atoms with van der Waals surface area (Å²) < 4.78 is 19.0. The van der Waals surface area contributed by atoms with Crippen LogP contribution in [-0.2, 0) is 10.2 Å². The Morgan fingerprint density at radius 1 is 1.22 bits per heavy atom. The fraction of sp³-hybridized carbons (Fsp3) is 0.333. The summed E-state index contributed by atoms with van der Waals surface area (Å²) in [6, 6.07) is 10.9. The number of ether oxygens (including phenoxy) is 1. The molecule has 166 valence electrons. The third-order valence-corrected chi connectivity index (χ3v) is 6.67. The van der Waals surface area contributed by atoms with Crippen LogP contribution in [-0.4, -0.2) is 65.1 Å². The summed E-state index contributed by atoms with van der Waals surface area (Å²) in [6.07, 6.45) is 0. The lowest BCUT2D eigenvalue weighted by Crippen LogP contribution is -2.68. The highest BCUT2D eigenvalue weighted by atomic mass is 19.1. The third kappa shape index (κ3) is 2.97. The van der Waals surface area contributed by atoms with Crippen molar-refractivity contribution in [3.05, 3.63) is 65.1 Å². The van der Waals surface area contributed by atoms with Crippen LogP contribution in [0.3, 0.4) is 0 Å². The van der Waals surface area contributed by atoms with Crippen molar-refractivity contribution in [1.29, 1.82) is 0 Å². The minimum atomic E-state index is -0.487. The number of aromatic nitrogens is 1. The monoisotopic (exact) mass is 437 g/mol. The van der Waals surface area contributed by atoms with E-state index < -0.39 is 17.3 Å². The number of carbonyl (C=O) groups excluding carboxylic acids is 2. The van der Waals surface area contributed by atoms with Crippen molar-refractivity contribution in [2.75, 3.05) is 33.4 Å². The molecular weight excluding hydrogens is 413 g/mol. The molecule has 1 aromatic heterocycles. The SMILES string of the molecule is COc1ccc2c3c([nH]c2c1)[C@H](CO)N(C(C)=O)CC31CN(C(=O)c2cccc(F)c2)C1. The van der Waals surface area contributed by atoms with Crippen molar-refractivity contribution in [3.8, 4) is 5.75 Å². The van der Waals surface area contributed by atoms with Gasteiger partial charge in [0, 0.05) is 54.8 Å². The van der Waals surface area contributed by atoms with Crippen LogP contribution in [0, 0.1) is 5.82 Å². The van der Waals surface area contributed by atoms with Crippen molar-refractivity contribution < 1.29 is 23.8 Å². The predicted molar refractivity (Wildman–Crippen MR) is 116 cm³/mol. The Kier molecular flexibility index (Phi) is 4.70. The molecule has 3 aromatic rings. The number of aromatic amines is 1. The number of carbonyl (C=O) groups is 2. The van der Waals surface area contributed by atoms with Gasteiger partial charge >= 0.3 is 0 Å². The molecule has 2 aliphatic heterocycles. The Bertz CT molecular complexity index is 1230. The summed E-state index contributed by atoms with van der Waals surface area (Å²) in [6.45, 7) is 2.47. The van der Waals surface area contributed by atoms with E-state index in [4.69, 9.17) is 4.74 Å². The molecule has 0 aliphatic carbocycles. The van der Waals surface area contributed by atoms with Gasteiger partial charge in [-0.15, -0.1) is 0 Å². The van der Waals surface area contributed by atoms with Crippen LogP contribution in [0.4, 0.5) is 4.39 Å². The fourth-order valence-corrected chi connectivity index (χ4v) is 5.23. The average molecular weight is 437 g/mol. The summed E-state index contributed by atoms with van der Waals surface area (Å²) in [5, 5.41) is 11.1. The zero-order valence-electron chi connectivity index (χ0n) is 17.9. The van der Waals surface area contributed by atoms with Gasteiger partial charge in [-0.2, -0.15) is 0 Å². The van der Waals surface area contributed by atoms with Gasteiger partial charge in [0.25, 0.3) is 5.91 Å². The number of nitrogens with one attached hydrogen (secondary N) is 1. The maximum Gasteiger partial charge on any atom is 0.254 e. The Balaban J connectivity index is 1.57. The molecule has 3 heterocycles. The number of fused-ring (bicyclic) bond motifs is 4. The topological polar surface area (TPSA) is 85.9 Å². The standard InChI is InChI=1S/C24H24FN3O4/c1-14(30)28-13-24(11-27(12-24)23(31)15-4-3-5-16(25)8-15)21-18-7-6-17(32-2)9-19(18)26-22(21)20(28)10-29/h3-9,20,26,29H,10-13H2,1-2H3/t20-/m0/s1. The second kappa shape index (κ2) is 7.34. The largest absolute Gasteiger partial charge is 0.497 e. The molecule has 1 spiro atoms. The van der Waals surface area contributed by atoms with Crippen LogP contribution in [0.2, 0.25) is 0 Å². The van der Waals surface area contributed by atoms with E-state index in [1.807, 2.05) is 18.2 Å². The average Bonchev–Trinajstić information content (AvgIpc) is 3.14. The molecule has 2 amide bonds. The van der Waals surface area contributed by atoms with Crippen molar-refractivity contribution in [1.82, 2.24) is 14.8 Å². The number of H-pyrrole nitrogens is 1. The van der Waals surface area contributed by atoms with Crippen molar-refractivity contribution in [2.24, 2.45) is 0 Å². The van der Waals surface area contributed by atoms with E-state index in [1.165, 1.54) is 25.1 Å². The normalized spacial score (nSPS) is 19.1. The number of hydrogen-bond donors (Lipinski definition) is 2. The van der Waals surface area contributed by atoms with Gasteiger partial charge < -0.3 is 24.6 Å². The molecule has 2 N–H and O–H groups in total. The Hall–Kier alpha value is -3.39. The van der Waals surface area contributed by atoms with Gasteiger partial charge in [-0.05, 0) is 35.9 Å². The number of nitrogens with zero attached hydrogens (tertiary/aromatic N) is 2. The van der Waals surface area contributed by atoms with Gasteiger partial charge in [0.05, 0.1) is 25.2 Å². The van der Waals surface area contributed by atoms with Crippen LogP contribution in [0.1, 0.15) is 34.6 Å². The van der Waals surface area contributed by atoms with Crippen LogP contribution < -0.4 is 4.74 Å². The number of rotatable bonds is 3. The summed E-state index contributed by atoms with van der Waals surface area (Å²) in [7, 11) is 1.60. The minimum Gasteiger partial charge on any atom is -0.497 e. The summed E-state index contributed by atoms with van der Waals surface area (Å²) >= 11 is 0. The molecule has 2 aliphatic rings. The number of halogens is 1. The van der Waals surface area contributed by atoms with Crippen LogP contribution in [0.15, 0.2) is 42.5 Å². The number of aliphatic hydroxyl groups is 1. The first-order valence-electron chi connectivity index (χ1n) is 10.5. The van der Waals surface area contributed by atoms with Gasteiger partial charge in [0.1, 0.15) is 11.6 Å². The molecule has 32 heavy (non-hydrogen) atoms. The summed E-state index contributed by atoms with van der Waals surface area (Å²) in [5.74, 6) is -0.132. The van der Waals surface area contributed by atoms with E-state index in [9.17, 15) is 19.1 Å². The van der Waals surface area contributed by atoms with E-state index in [-0.39, 0.29) is 18.4 Å². The lowest BCUT2D eigenvalue weighted by Gasteiger charge is -2.56. The Morgan fingerprint density at radius 2 is 2.00 bits per heavy atom. The molecule has 5 rings (SSSR count). The predicted octanol–water partition coefficient (Wildman–Crippen LogP) is 2.60. The third-order valence-electron chi connectivity index (χ3n) is 6.67. The van der Waals surface area contributed by atoms with Crippen molar-refractivity contribution in [3.63, 3.8) is 0 Å². The van der Waals surface area contributed by atoms with Gasteiger partial charge in [0.15, 0.2) is 0 Å². The van der Waals surface area contributed by atoms with Crippen LogP contribution in [0.25, 0.3) is 10.9 Å². The van der Waals surface area contributed by atoms with Gasteiger partial charge in [-0.25, -0.2) is 4.39 Å². The van der Waals surface area contributed by atoms with Crippen molar-refractivity contribution in [2.45, 2.75) is 18.4 Å². The van der Waals surface area contributed by atoms with E-state index in [0.29, 0.717) is 30.9 Å².